The molecule has 0 fully saturated rings. The Balaban J connectivity index is 2.29. The third kappa shape index (κ3) is 2.17. The predicted octanol–water partition coefficient (Wildman–Crippen LogP) is 4.83. The van der Waals surface area contributed by atoms with E-state index in [-0.39, 0.29) is 0 Å². The Bertz CT molecular complexity index is 810. The zero-order chi connectivity index (χ0) is 15.0. The molecule has 2 nitrogen and oxygen atoms in total. The number of hydrogen-bond donors (Lipinski definition) is 1. The van der Waals surface area contributed by atoms with Gasteiger partial charge in [0.1, 0.15) is 0 Å². The highest BCUT2D eigenvalue weighted by Crippen LogP contribution is 2.32. The molecular formula is C19H19NO. The molecule has 0 spiro atoms. The fourth-order valence-corrected chi connectivity index (χ4v) is 2.89. The molecule has 2 heteroatoms. The minimum atomic E-state index is 0.760. The van der Waals surface area contributed by atoms with Gasteiger partial charge in [0, 0.05) is 16.5 Å². The van der Waals surface area contributed by atoms with Gasteiger partial charge in [-0.25, -0.2) is 0 Å². The van der Waals surface area contributed by atoms with Crippen molar-refractivity contribution in [1.29, 1.82) is 0 Å². The maximum Gasteiger partial charge on any atom is 0.152 e. The molecule has 0 saturated carbocycles. The van der Waals surface area contributed by atoms with E-state index in [1.54, 1.807) is 0 Å². The number of hydrogen-bond acceptors (Lipinski definition) is 1. The third-order valence-corrected chi connectivity index (χ3v) is 4.18. The lowest BCUT2D eigenvalue weighted by molar-refractivity contribution is 0.112. The summed E-state index contributed by atoms with van der Waals surface area (Å²) < 4.78 is 0. The lowest BCUT2D eigenvalue weighted by Gasteiger charge is -2.02. The van der Waals surface area contributed by atoms with Crippen molar-refractivity contribution in [1.82, 2.24) is 4.98 Å². The Morgan fingerprint density at radius 3 is 2.29 bits per heavy atom. The highest BCUT2D eigenvalue weighted by molar-refractivity contribution is 6.06. The van der Waals surface area contributed by atoms with Crippen LogP contribution >= 0.6 is 0 Å². The molecule has 0 bridgehead atoms. The first kappa shape index (κ1) is 13.6. The van der Waals surface area contributed by atoms with Crippen molar-refractivity contribution in [3.63, 3.8) is 0 Å². The topological polar surface area (TPSA) is 32.9 Å². The normalized spacial score (nSPS) is 11.0. The van der Waals surface area contributed by atoms with Crippen molar-refractivity contribution in [2.24, 2.45) is 0 Å². The minimum Gasteiger partial charge on any atom is -0.354 e. The van der Waals surface area contributed by atoms with Gasteiger partial charge < -0.3 is 4.98 Å². The molecule has 2 aromatic carbocycles. The van der Waals surface area contributed by atoms with Gasteiger partial charge in [-0.05, 0) is 42.5 Å². The molecule has 3 rings (SSSR count). The SMILES string of the molecule is CCc1ccc(-c2[nH]c3c(C)ccc(C)c3c2C=O)cc1. The van der Waals surface area contributed by atoms with Crippen molar-refractivity contribution in [2.45, 2.75) is 27.2 Å². The summed E-state index contributed by atoms with van der Waals surface area (Å²) in [6, 6.07) is 12.6. The van der Waals surface area contributed by atoms with Gasteiger partial charge in [-0.2, -0.15) is 0 Å². The van der Waals surface area contributed by atoms with Gasteiger partial charge in [-0.1, -0.05) is 43.3 Å². The van der Waals surface area contributed by atoms with Crippen LogP contribution in [0.15, 0.2) is 36.4 Å². The highest BCUT2D eigenvalue weighted by Gasteiger charge is 2.15. The Morgan fingerprint density at radius 1 is 1.00 bits per heavy atom. The molecule has 1 heterocycles. The first-order valence-electron chi connectivity index (χ1n) is 7.32. The summed E-state index contributed by atoms with van der Waals surface area (Å²) in [5, 5.41) is 1.04. The maximum absolute atomic E-state index is 11.6. The summed E-state index contributed by atoms with van der Waals surface area (Å²) >= 11 is 0. The fourth-order valence-electron chi connectivity index (χ4n) is 2.89. The van der Waals surface area contributed by atoms with Crippen LogP contribution in [0.1, 0.15) is 34.0 Å². The van der Waals surface area contributed by atoms with E-state index in [2.05, 4.69) is 55.2 Å². The number of aryl methyl sites for hydroxylation is 3. The number of aromatic amines is 1. The minimum absolute atomic E-state index is 0.760. The van der Waals surface area contributed by atoms with Crippen molar-refractivity contribution >= 4 is 17.2 Å². The lowest BCUT2D eigenvalue weighted by atomic mass is 10.0. The van der Waals surface area contributed by atoms with E-state index < -0.39 is 0 Å². The monoisotopic (exact) mass is 277 g/mol. The third-order valence-electron chi connectivity index (χ3n) is 4.18. The van der Waals surface area contributed by atoms with Crippen molar-refractivity contribution in [2.75, 3.05) is 0 Å². The van der Waals surface area contributed by atoms with Gasteiger partial charge in [0.15, 0.2) is 6.29 Å². The molecule has 21 heavy (non-hydrogen) atoms. The number of aldehydes is 1. The van der Waals surface area contributed by atoms with Gasteiger partial charge in [-0.15, -0.1) is 0 Å². The van der Waals surface area contributed by atoms with E-state index in [9.17, 15) is 4.79 Å². The molecule has 0 aliphatic carbocycles. The van der Waals surface area contributed by atoms with Crippen LogP contribution in [-0.2, 0) is 6.42 Å². The van der Waals surface area contributed by atoms with Gasteiger partial charge in [-0.3, -0.25) is 4.79 Å². The van der Waals surface area contributed by atoms with Crippen molar-refractivity contribution in [3.8, 4) is 11.3 Å². The Kier molecular flexibility index (Phi) is 3.38. The van der Waals surface area contributed by atoms with Crippen LogP contribution in [0.5, 0.6) is 0 Å². The predicted molar refractivity (Wildman–Crippen MR) is 88.0 cm³/mol. The molecule has 1 N–H and O–H groups in total. The Labute approximate surface area is 124 Å². The molecule has 0 aliphatic rings. The zero-order valence-electron chi connectivity index (χ0n) is 12.7. The Morgan fingerprint density at radius 2 is 1.67 bits per heavy atom. The number of H-pyrrole nitrogens is 1. The lowest BCUT2D eigenvalue weighted by Crippen LogP contribution is -1.86. The molecule has 0 aliphatic heterocycles. The first-order chi connectivity index (χ1) is 10.2. The molecule has 0 amide bonds. The zero-order valence-corrected chi connectivity index (χ0v) is 12.7. The summed E-state index contributed by atoms with van der Waals surface area (Å²) in [7, 11) is 0. The number of fused-ring (bicyclic) bond motifs is 1. The summed E-state index contributed by atoms with van der Waals surface area (Å²) in [4.78, 5) is 15.1. The number of aromatic nitrogens is 1. The number of carbonyl (C=O) groups excluding carboxylic acids is 1. The standard InChI is InChI=1S/C19H19NO/c1-4-14-7-9-15(10-8-14)19-16(11-21)17-12(2)5-6-13(3)18(17)20-19/h5-11,20H,4H2,1-3H3. The molecule has 1 aromatic heterocycles. The quantitative estimate of drug-likeness (QED) is 0.683. The fraction of sp³-hybridized carbons (Fsp3) is 0.211. The van der Waals surface area contributed by atoms with E-state index in [4.69, 9.17) is 0 Å². The van der Waals surface area contributed by atoms with Crippen LogP contribution in [0, 0.1) is 13.8 Å². The molecule has 0 saturated heterocycles. The van der Waals surface area contributed by atoms with Crippen LogP contribution in [-0.4, -0.2) is 11.3 Å². The molecule has 0 unspecified atom stereocenters. The summed E-state index contributed by atoms with van der Waals surface area (Å²) in [5.74, 6) is 0. The average Bonchev–Trinajstić information content (AvgIpc) is 2.92. The molecule has 0 atom stereocenters. The largest absolute Gasteiger partial charge is 0.354 e. The van der Waals surface area contributed by atoms with E-state index in [0.29, 0.717) is 0 Å². The van der Waals surface area contributed by atoms with Gasteiger partial charge >= 0.3 is 0 Å². The second kappa shape index (κ2) is 5.21. The summed E-state index contributed by atoms with van der Waals surface area (Å²) in [5.41, 5.74) is 7.39. The van der Waals surface area contributed by atoms with Crippen molar-refractivity contribution in [3.05, 3.63) is 58.7 Å². The second-order valence-corrected chi connectivity index (χ2v) is 5.53. The van der Waals surface area contributed by atoms with Gasteiger partial charge in [0.05, 0.1) is 5.69 Å². The average molecular weight is 277 g/mol. The van der Waals surface area contributed by atoms with Crippen LogP contribution in [0.25, 0.3) is 22.2 Å². The summed E-state index contributed by atoms with van der Waals surface area (Å²) in [6.07, 6.45) is 1.99. The first-order valence-corrected chi connectivity index (χ1v) is 7.32. The van der Waals surface area contributed by atoms with Crippen molar-refractivity contribution < 1.29 is 4.79 Å². The highest BCUT2D eigenvalue weighted by atomic mass is 16.1. The molecule has 3 aromatic rings. The number of carbonyl (C=O) groups is 1. The number of nitrogens with one attached hydrogen (secondary N) is 1. The van der Waals surface area contributed by atoms with Crippen LogP contribution in [0.2, 0.25) is 0 Å². The van der Waals surface area contributed by atoms with E-state index in [1.165, 1.54) is 5.56 Å². The second-order valence-electron chi connectivity index (χ2n) is 5.53. The number of rotatable bonds is 3. The smallest absolute Gasteiger partial charge is 0.152 e. The van der Waals surface area contributed by atoms with Gasteiger partial charge in [0.2, 0.25) is 0 Å². The van der Waals surface area contributed by atoms with Crippen LogP contribution in [0.3, 0.4) is 0 Å². The van der Waals surface area contributed by atoms with E-state index in [0.717, 1.165) is 51.6 Å². The van der Waals surface area contributed by atoms with E-state index in [1.807, 2.05) is 6.92 Å². The maximum atomic E-state index is 11.6. The van der Waals surface area contributed by atoms with E-state index >= 15 is 0 Å². The number of benzene rings is 2. The van der Waals surface area contributed by atoms with Crippen LogP contribution < -0.4 is 0 Å². The summed E-state index contributed by atoms with van der Waals surface area (Å²) in [6.45, 7) is 6.25. The Hall–Kier alpha value is -2.35. The molecule has 0 radical (unpaired) electrons. The van der Waals surface area contributed by atoms with Crippen LogP contribution in [0.4, 0.5) is 0 Å². The molecular weight excluding hydrogens is 258 g/mol. The van der Waals surface area contributed by atoms with Gasteiger partial charge in [0.25, 0.3) is 0 Å². The molecule has 106 valence electrons.